The molecule has 0 aromatic heterocycles. The zero-order chi connectivity index (χ0) is 19.6. The van der Waals surface area contributed by atoms with Crippen molar-refractivity contribution in [2.24, 2.45) is 11.3 Å². The number of rotatable bonds is 1. The van der Waals surface area contributed by atoms with E-state index in [0.717, 1.165) is 25.7 Å². The van der Waals surface area contributed by atoms with Gasteiger partial charge in [0.2, 0.25) is 0 Å². The summed E-state index contributed by atoms with van der Waals surface area (Å²) in [6.45, 7) is 3.81. The first-order chi connectivity index (χ1) is 13.4. The lowest BCUT2D eigenvalue weighted by atomic mass is 9.43. The van der Waals surface area contributed by atoms with Crippen LogP contribution in [0.4, 0.5) is 0 Å². The number of carbonyl (C=O) groups excluding carboxylic acids is 1. The van der Waals surface area contributed by atoms with Crippen molar-refractivity contribution in [1.29, 1.82) is 0 Å². The van der Waals surface area contributed by atoms with Crippen molar-refractivity contribution in [1.82, 2.24) is 0 Å². The van der Waals surface area contributed by atoms with Crippen molar-refractivity contribution in [2.75, 3.05) is 0 Å². The Labute approximate surface area is 166 Å². The summed E-state index contributed by atoms with van der Waals surface area (Å²) in [5.74, 6) is 1.12. The first-order valence-corrected chi connectivity index (χ1v) is 10.5. The van der Waals surface area contributed by atoms with Crippen LogP contribution in [0.3, 0.4) is 0 Å². The normalized spacial score (nSPS) is 39.3. The summed E-state index contributed by atoms with van der Waals surface area (Å²) in [6.07, 6.45) is 4.60. The summed E-state index contributed by atoms with van der Waals surface area (Å²) < 4.78 is 6.81. The fraction of sp³-hybridized carbons (Fsp3) is 0.480. The van der Waals surface area contributed by atoms with Crippen molar-refractivity contribution in [2.45, 2.75) is 63.1 Å². The molecule has 146 valence electrons. The van der Waals surface area contributed by atoms with Crippen LogP contribution in [0.1, 0.15) is 67.8 Å². The standard InChI is InChI=1S/C25H28O3/c1-23(27)16-19(17-10-4-3-5-11-17)20-13-8-9-15-25(20)24(23,2)22(26)18-12-6-7-14-21(18)28-25/h3-7,10-12,14,19-20,27H,8-9,13,15-16H2,1-2H3/t19-,20-,23+,24+,25+/m1/s1. The molecule has 0 unspecified atom stereocenters. The Morgan fingerprint density at radius 2 is 1.71 bits per heavy atom. The van der Waals surface area contributed by atoms with Crippen LogP contribution in [-0.2, 0) is 0 Å². The molecule has 1 N–H and O–H groups in total. The minimum atomic E-state index is -1.15. The first-order valence-electron chi connectivity index (χ1n) is 10.5. The molecule has 0 saturated heterocycles. The Balaban J connectivity index is 1.74. The second-order valence-corrected chi connectivity index (χ2v) is 9.29. The molecule has 5 atom stereocenters. The zero-order valence-corrected chi connectivity index (χ0v) is 16.7. The van der Waals surface area contributed by atoms with Crippen LogP contribution >= 0.6 is 0 Å². The van der Waals surface area contributed by atoms with Gasteiger partial charge in [-0.2, -0.15) is 0 Å². The van der Waals surface area contributed by atoms with Gasteiger partial charge in [-0.05, 0) is 63.1 Å². The predicted molar refractivity (Wildman–Crippen MR) is 109 cm³/mol. The highest BCUT2D eigenvalue weighted by atomic mass is 16.5. The maximum Gasteiger partial charge on any atom is 0.179 e. The lowest BCUT2D eigenvalue weighted by Gasteiger charge is -2.65. The summed E-state index contributed by atoms with van der Waals surface area (Å²) in [4.78, 5) is 13.8. The maximum absolute atomic E-state index is 13.8. The third-order valence-corrected chi connectivity index (χ3v) is 8.04. The van der Waals surface area contributed by atoms with Crippen LogP contribution in [-0.4, -0.2) is 22.1 Å². The molecule has 3 heteroatoms. The molecule has 1 heterocycles. The Morgan fingerprint density at radius 3 is 2.50 bits per heavy atom. The molecule has 2 aromatic rings. The monoisotopic (exact) mass is 376 g/mol. The van der Waals surface area contributed by atoms with Gasteiger partial charge in [0.1, 0.15) is 11.4 Å². The Morgan fingerprint density at radius 1 is 1.00 bits per heavy atom. The number of carbonyl (C=O) groups is 1. The number of para-hydroxylation sites is 1. The number of benzene rings is 2. The Bertz CT molecular complexity index is 918. The van der Waals surface area contributed by atoms with Gasteiger partial charge in [-0.3, -0.25) is 4.79 Å². The second-order valence-electron chi connectivity index (χ2n) is 9.29. The van der Waals surface area contributed by atoms with Gasteiger partial charge in [0.05, 0.1) is 16.6 Å². The van der Waals surface area contributed by atoms with Gasteiger partial charge in [-0.1, -0.05) is 48.9 Å². The van der Waals surface area contributed by atoms with Crippen LogP contribution in [0.15, 0.2) is 54.6 Å². The summed E-state index contributed by atoms with van der Waals surface area (Å²) in [5, 5.41) is 11.8. The number of fused-ring (bicyclic) bond motifs is 1. The molecule has 0 amide bonds. The van der Waals surface area contributed by atoms with Gasteiger partial charge in [0, 0.05) is 5.92 Å². The molecule has 1 spiro atoms. The van der Waals surface area contributed by atoms with Crippen LogP contribution in [0.25, 0.3) is 0 Å². The van der Waals surface area contributed by atoms with Gasteiger partial charge in [0.15, 0.2) is 5.78 Å². The van der Waals surface area contributed by atoms with Crippen LogP contribution in [0.5, 0.6) is 5.75 Å². The summed E-state index contributed by atoms with van der Waals surface area (Å²) in [5.41, 5.74) is -0.917. The Hall–Kier alpha value is -2.13. The van der Waals surface area contributed by atoms with Crippen LogP contribution < -0.4 is 4.74 Å². The van der Waals surface area contributed by atoms with Crippen LogP contribution in [0.2, 0.25) is 0 Å². The predicted octanol–water partition coefficient (Wildman–Crippen LogP) is 5.14. The quantitative estimate of drug-likeness (QED) is 0.750. The van der Waals surface area contributed by atoms with E-state index in [1.807, 2.05) is 44.2 Å². The molecule has 3 aliphatic rings. The van der Waals surface area contributed by atoms with Gasteiger partial charge < -0.3 is 9.84 Å². The van der Waals surface area contributed by atoms with Crippen molar-refractivity contribution in [3.63, 3.8) is 0 Å². The lowest BCUT2D eigenvalue weighted by Crippen LogP contribution is -2.74. The molecule has 2 aliphatic carbocycles. The molecule has 0 bridgehead atoms. The highest BCUT2D eigenvalue weighted by molar-refractivity contribution is 6.05. The lowest BCUT2D eigenvalue weighted by molar-refractivity contribution is -0.221. The first kappa shape index (κ1) is 17.9. The van der Waals surface area contributed by atoms with Crippen molar-refractivity contribution in [3.05, 3.63) is 65.7 Å². The number of hydrogen-bond donors (Lipinski definition) is 1. The van der Waals surface area contributed by atoms with E-state index in [-0.39, 0.29) is 17.6 Å². The molecular weight excluding hydrogens is 348 g/mol. The van der Waals surface area contributed by atoms with E-state index in [0.29, 0.717) is 17.7 Å². The molecule has 2 saturated carbocycles. The summed E-state index contributed by atoms with van der Waals surface area (Å²) in [7, 11) is 0. The average molecular weight is 376 g/mol. The van der Waals surface area contributed by atoms with Gasteiger partial charge >= 0.3 is 0 Å². The maximum atomic E-state index is 13.8. The second kappa shape index (κ2) is 5.93. The summed E-state index contributed by atoms with van der Waals surface area (Å²) >= 11 is 0. The molecular formula is C25H28O3. The van der Waals surface area contributed by atoms with Crippen molar-refractivity contribution >= 4 is 5.78 Å². The van der Waals surface area contributed by atoms with E-state index >= 15 is 0 Å². The van der Waals surface area contributed by atoms with E-state index in [2.05, 4.69) is 24.3 Å². The number of hydrogen-bond acceptors (Lipinski definition) is 3. The van der Waals surface area contributed by atoms with Gasteiger partial charge in [0.25, 0.3) is 0 Å². The number of Topliss-reactive ketones (excluding diaryl/α,β-unsaturated/α-hetero) is 1. The van der Waals surface area contributed by atoms with E-state index in [1.54, 1.807) is 0 Å². The molecule has 1 aliphatic heterocycles. The molecule has 3 nitrogen and oxygen atoms in total. The molecule has 2 fully saturated rings. The Kier molecular flexibility index (Phi) is 3.80. The third-order valence-electron chi connectivity index (χ3n) is 8.04. The SMILES string of the molecule is C[C@@]12C(=O)c3ccccc3O[C@]13CCCC[C@@H]3[C@@H](c1ccccc1)C[C@]2(C)O. The van der Waals surface area contributed by atoms with E-state index in [4.69, 9.17) is 4.74 Å². The highest BCUT2D eigenvalue weighted by Crippen LogP contribution is 2.66. The van der Waals surface area contributed by atoms with E-state index in [1.165, 1.54) is 5.56 Å². The minimum Gasteiger partial charge on any atom is -0.485 e. The number of aliphatic hydroxyl groups is 1. The fourth-order valence-corrected chi connectivity index (χ4v) is 6.47. The zero-order valence-electron chi connectivity index (χ0n) is 16.7. The number of ketones is 1. The van der Waals surface area contributed by atoms with Gasteiger partial charge in [-0.25, -0.2) is 0 Å². The highest BCUT2D eigenvalue weighted by Gasteiger charge is 2.73. The van der Waals surface area contributed by atoms with Crippen LogP contribution in [0, 0.1) is 11.3 Å². The van der Waals surface area contributed by atoms with E-state index in [9.17, 15) is 9.90 Å². The van der Waals surface area contributed by atoms with Crippen molar-refractivity contribution < 1.29 is 14.6 Å². The third kappa shape index (κ3) is 2.11. The van der Waals surface area contributed by atoms with E-state index < -0.39 is 16.6 Å². The molecule has 5 rings (SSSR count). The van der Waals surface area contributed by atoms with Crippen molar-refractivity contribution in [3.8, 4) is 5.75 Å². The average Bonchev–Trinajstić information content (AvgIpc) is 2.71. The molecule has 0 radical (unpaired) electrons. The topological polar surface area (TPSA) is 46.5 Å². The smallest absolute Gasteiger partial charge is 0.179 e. The number of ether oxygens (including phenoxy) is 1. The largest absolute Gasteiger partial charge is 0.485 e. The minimum absolute atomic E-state index is 0.0396. The molecule has 28 heavy (non-hydrogen) atoms. The molecule has 2 aromatic carbocycles. The van der Waals surface area contributed by atoms with Gasteiger partial charge in [-0.15, -0.1) is 0 Å². The fourth-order valence-electron chi connectivity index (χ4n) is 6.47. The summed E-state index contributed by atoms with van der Waals surface area (Å²) in [6, 6.07) is 18.0.